The average molecular weight is 749 g/mol. The van der Waals surface area contributed by atoms with Crippen LogP contribution in [0.4, 0.5) is 0 Å². The molecule has 0 bridgehead atoms. The van der Waals surface area contributed by atoms with Gasteiger partial charge < -0.3 is 0 Å². The lowest BCUT2D eigenvalue weighted by atomic mass is 9.79. The molecule has 0 heterocycles. The van der Waals surface area contributed by atoms with Crippen molar-refractivity contribution < 1.29 is 0 Å². The highest BCUT2D eigenvalue weighted by atomic mass is 14.4. The van der Waals surface area contributed by atoms with E-state index in [1.165, 1.54) is 121 Å². The Balaban J connectivity index is 1.05. The maximum atomic E-state index is 2.46. The second kappa shape index (κ2) is 12.9. The quantitative estimate of drug-likeness (QED) is 0.124. The molecule has 276 valence electrons. The van der Waals surface area contributed by atoms with Crippen LogP contribution in [0.2, 0.25) is 0 Å². The molecule has 0 saturated carbocycles. The fraction of sp³-hybridized carbons (Fsp3) is 0.0508. The molecule has 0 spiro atoms. The molecule has 1 aliphatic rings. The topological polar surface area (TPSA) is 0 Å². The van der Waals surface area contributed by atoms with E-state index in [1.807, 2.05) is 0 Å². The van der Waals surface area contributed by atoms with Crippen molar-refractivity contribution in [3.8, 4) is 55.6 Å². The van der Waals surface area contributed by atoms with Gasteiger partial charge in [-0.3, -0.25) is 0 Å². The molecule has 0 nitrogen and oxygen atoms in total. The van der Waals surface area contributed by atoms with Gasteiger partial charge in [-0.1, -0.05) is 202 Å². The van der Waals surface area contributed by atoms with Crippen LogP contribution in [0, 0.1) is 0 Å². The molecule has 11 aromatic carbocycles. The lowest BCUT2D eigenvalue weighted by molar-refractivity contribution is 0.666. The van der Waals surface area contributed by atoms with Crippen molar-refractivity contribution in [2.45, 2.75) is 19.3 Å². The van der Waals surface area contributed by atoms with E-state index in [9.17, 15) is 0 Å². The molecular formula is C59H40. The van der Waals surface area contributed by atoms with Gasteiger partial charge in [-0.15, -0.1) is 0 Å². The number of hydrogen-bond donors (Lipinski definition) is 0. The van der Waals surface area contributed by atoms with Gasteiger partial charge in [-0.05, 0) is 139 Å². The Morgan fingerprint density at radius 3 is 1.46 bits per heavy atom. The van der Waals surface area contributed by atoms with Crippen molar-refractivity contribution >= 4 is 53.9 Å². The Morgan fingerprint density at radius 1 is 0.271 bits per heavy atom. The largest absolute Gasteiger partial charge is 0.0616 e. The van der Waals surface area contributed by atoms with E-state index in [-0.39, 0.29) is 5.41 Å². The monoisotopic (exact) mass is 748 g/mol. The van der Waals surface area contributed by atoms with E-state index in [0.717, 1.165) is 0 Å². The third-order valence-corrected chi connectivity index (χ3v) is 13.2. The average Bonchev–Trinajstić information content (AvgIpc) is 3.54. The summed E-state index contributed by atoms with van der Waals surface area (Å²) in [4.78, 5) is 0. The van der Waals surface area contributed by atoms with Crippen LogP contribution < -0.4 is 0 Å². The molecule has 0 saturated heterocycles. The third kappa shape index (κ3) is 5.03. The molecule has 0 heteroatoms. The van der Waals surface area contributed by atoms with Gasteiger partial charge in [0.15, 0.2) is 0 Å². The minimum absolute atomic E-state index is 0.124. The van der Waals surface area contributed by atoms with Crippen molar-refractivity contribution in [1.82, 2.24) is 0 Å². The van der Waals surface area contributed by atoms with Gasteiger partial charge in [-0.25, -0.2) is 0 Å². The van der Waals surface area contributed by atoms with Crippen LogP contribution in [0.1, 0.15) is 25.0 Å². The first-order valence-corrected chi connectivity index (χ1v) is 20.8. The van der Waals surface area contributed by atoms with Crippen LogP contribution in [0.3, 0.4) is 0 Å². The van der Waals surface area contributed by atoms with E-state index in [4.69, 9.17) is 0 Å². The first kappa shape index (κ1) is 33.8. The predicted molar refractivity (Wildman–Crippen MR) is 253 cm³/mol. The smallest absolute Gasteiger partial charge is 0.0165 e. The lowest BCUT2D eigenvalue weighted by Gasteiger charge is -2.24. The highest BCUT2D eigenvalue weighted by molar-refractivity contribution is 6.23. The van der Waals surface area contributed by atoms with Crippen molar-refractivity contribution in [2.75, 3.05) is 0 Å². The van der Waals surface area contributed by atoms with Crippen molar-refractivity contribution in [1.29, 1.82) is 0 Å². The van der Waals surface area contributed by atoms with E-state index in [1.54, 1.807) is 0 Å². The summed E-state index contributed by atoms with van der Waals surface area (Å²) in [5.74, 6) is 0. The zero-order chi connectivity index (χ0) is 39.2. The molecule has 0 amide bonds. The van der Waals surface area contributed by atoms with Crippen LogP contribution in [-0.2, 0) is 5.41 Å². The van der Waals surface area contributed by atoms with Gasteiger partial charge in [0.2, 0.25) is 0 Å². The highest BCUT2D eigenvalue weighted by Gasteiger charge is 2.38. The summed E-state index contributed by atoms with van der Waals surface area (Å²) in [6.07, 6.45) is 0. The molecule has 0 radical (unpaired) electrons. The van der Waals surface area contributed by atoms with E-state index in [2.05, 4.69) is 220 Å². The molecule has 1 aliphatic carbocycles. The SMILES string of the molecule is CC1(C)c2ccc(-c3cccc(-c4c5ccccc5c(-c5ccccc5-c5ccc6ccccc6c5)c5ccccc45)c3)cc2-c2c1c1ccccc1c1ccccc21. The Kier molecular flexibility index (Phi) is 7.38. The second-order valence-corrected chi connectivity index (χ2v) is 16.8. The number of benzene rings is 11. The third-order valence-electron chi connectivity index (χ3n) is 13.2. The van der Waals surface area contributed by atoms with Crippen LogP contribution in [0.15, 0.2) is 206 Å². The summed E-state index contributed by atoms with van der Waals surface area (Å²) in [7, 11) is 0. The predicted octanol–water partition coefficient (Wildman–Crippen LogP) is 16.4. The normalized spacial score (nSPS) is 13.1. The highest BCUT2D eigenvalue weighted by Crippen LogP contribution is 2.55. The zero-order valence-electron chi connectivity index (χ0n) is 33.1. The zero-order valence-corrected chi connectivity index (χ0v) is 33.1. The summed E-state index contributed by atoms with van der Waals surface area (Å²) >= 11 is 0. The maximum Gasteiger partial charge on any atom is 0.0165 e. The van der Waals surface area contributed by atoms with Gasteiger partial charge in [-0.2, -0.15) is 0 Å². The summed E-state index contributed by atoms with van der Waals surface area (Å²) in [5, 5.41) is 12.9. The maximum absolute atomic E-state index is 2.46. The van der Waals surface area contributed by atoms with Gasteiger partial charge in [0.1, 0.15) is 0 Å². The van der Waals surface area contributed by atoms with E-state index < -0.39 is 0 Å². The molecule has 59 heavy (non-hydrogen) atoms. The molecule has 0 unspecified atom stereocenters. The second-order valence-electron chi connectivity index (χ2n) is 16.8. The van der Waals surface area contributed by atoms with Crippen LogP contribution in [0.5, 0.6) is 0 Å². The van der Waals surface area contributed by atoms with Gasteiger partial charge in [0.05, 0.1) is 0 Å². The van der Waals surface area contributed by atoms with Gasteiger partial charge in [0.25, 0.3) is 0 Å². The van der Waals surface area contributed by atoms with Crippen LogP contribution >= 0.6 is 0 Å². The lowest BCUT2D eigenvalue weighted by Crippen LogP contribution is -2.15. The Morgan fingerprint density at radius 2 is 0.763 bits per heavy atom. The van der Waals surface area contributed by atoms with Crippen molar-refractivity contribution in [2.24, 2.45) is 0 Å². The van der Waals surface area contributed by atoms with E-state index in [0.29, 0.717) is 0 Å². The first-order chi connectivity index (χ1) is 29.0. The molecule has 0 N–H and O–H groups in total. The summed E-state index contributed by atoms with van der Waals surface area (Å²) in [6, 6.07) is 76.8. The molecule has 0 aromatic heterocycles. The fourth-order valence-electron chi connectivity index (χ4n) is 10.6. The minimum Gasteiger partial charge on any atom is -0.0616 e. The van der Waals surface area contributed by atoms with Crippen LogP contribution in [0.25, 0.3) is 109 Å². The van der Waals surface area contributed by atoms with Gasteiger partial charge >= 0.3 is 0 Å². The summed E-state index contributed by atoms with van der Waals surface area (Å²) in [5.41, 5.74) is 15.4. The molecule has 12 rings (SSSR count). The van der Waals surface area contributed by atoms with E-state index >= 15 is 0 Å². The Bertz CT molecular complexity index is 3470. The van der Waals surface area contributed by atoms with Crippen molar-refractivity contribution in [3.63, 3.8) is 0 Å². The number of hydrogen-bond acceptors (Lipinski definition) is 0. The first-order valence-electron chi connectivity index (χ1n) is 20.8. The van der Waals surface area contributed by atoms with Crippen LogP contribution in [-0.4, -0.2) is 0 Å². The molecule has 0 fully saturated rings. The summed E-state index contributed by atoms with van der Waals surface area (Å²) < 4.78 is 0. The molecule has 0 atom stereocenters. The minimum atomic E-state index is -0.124. The van der Waals surface area contributed by atoms with Crippen molar-refractivity contribution in [3.05, 3.63) is 217 Å². The molecule has 11 aromatic rings. The standard InChI is InChI=1S/C59H40/c1-59(2)54-33-32-40(36-53(54)57-47-24-9-6-21-44(47)45-22-7-14-29-52(45)58(57)59)39-18-15-19-42(35-39)55-48-25-10-12-27-50(48)56(51-28-13-11-26-49(51)55)46-23-8-5-20-43(46)41-31-30-37-16-3-4-17-38(37)34-41/h3-36H,1-2H3. The Labute approximate surface area is 344 Å². The Hall–Kier alpha value is -7.28. The number of fused-ring (bicyclic) bond motifs is 11. The fourth-order valence-corrected chi connectivity index (χ4v) is 10.6. The molecular weight excluding hydrogens is 709 g/mol. The number of rotatable bonds is 4. The summed E-state index contributed by atoms with van der Waals surface area (Å²) in [6.45, 7) is 4.80. The molecule has 0 aliphatic heterocycles. The van der Waals surface area contributed by atoms with Gasteiger partial charge in [0, 0.05) is 5.41 Å².